The summed E-state index contributed by atoms with van der Waals surface area (Å²) >= 11 is 0. The third kappa shape index (κ3) is 1.76. The molecule has 0 fully saturated rings. The summed E-state index contributed by atoms with van der Waals surface area (Å²) in [4.78, 5) is 21.7. The van der Waals surface area contributed by atoms with Gasteiger partial charge in [-0.3, -0.25) is 9.89 Å². The molecule has 5 rings (SSSR count). The molecule has 1 N–H and O–H groups in total. The number of nitrogens with one attached hydrogen (secondary N) is 1. The number of aromatic amines is 1. The first-order valence-corrected chi connectivity index (χ1v) is 7.80. The van der Waals surface area contributed by atoms with Crippen LogP contribution in [0.25, 0.3) is 27.9 Å². The number of benzene rings is 2. The first-order chi connectivity index (χ1) is 11.3. The Kier molecular flexibility index (Phi) is 2.47. The highest BCUT2D eigenvalue weighted by molar-refractivity contribution is 5.95. The van der Waals surface area contributed by atoms with Gasteiger partial charge < -0.3 is 0 Å². The van der Waals surface area contributed by atoms with Gasteiger partial charge in [0, 0.05) is 11.1 Å². The van der Waals surface area contributed by atoms with Crippen molar-refractivity contribution in [2.24, 2.45) is 0 Å². The van der Waals surface area contributed by atoms with E-state index in [1.54, 1.807) is 0 Å². The van der Waals surface area contributed by atoms with Gasteiger partial charge in [-0.25, -0.2) is 4.98 Å². The van der Waals surface area contributed by atoms with Gasteiger partial charge in [-0.1, -0.05) is 42.5 Å². The van der Waals surface area contributed by atoms with Crippen LogP contribution >= 0.6 is 0 Å². The zero-order valence-corrected chi connectivity index (χ0v) is 12.4. The number of aromatic nitrogens is 4. The summed E-state index contributed by atoms with van der Waals surface area (Å²) in [7, 11) is 0. The van der Waals surface area contributed by atoms with E-state index in [1.807, 2.05) is 24.3 Å². The molecule has 0 radical (unpaired) electrons. The number of fused-ring (bicyclic) bond motifs is 3. The fraction of sp³-hybridized carbons (Fsp3) is 0.167. The molecule has 0 amide bonds. The summed E-state index contributed by atoms with van der Waals surface area (Å²) in [6.45, 7) is 0. The molecule has 4 aromatic rings. The summed E-state index contributed by atoms with van der Waals surface area (Å²) in [5.41, 5.74) is 2.70. The van der Waals surface area contributed by atoms with Gasteiger partial charge in [-0.15, -0.1) is 0 Å². The molecule has 1 aliphatic carbocycles. The molecular weight excluding hydrogens is 288 g/mol. The molecule has 0 saturated heterocycles. The highest BCUT2D eigenvalue weighted by Gasteiger charge is 2.20. The summed E-state index contributed by atoms with van der Waals surface area (Å²) in [5.74, 6) is 1.13. The molecule has 0 bridgehead atoms. The number of nitrogens with zero attached hydrogens (tertiary/aromatic N) is 3. The second-order valence-electron chi connectivity index (χ2n) is 5.93. The smallest absolute Gasteiger partial charge is 0.271 e. The Morgan fingerprint density at radius 2 is 1.87 bits per heavy atom. The van der Waals surface area contributed by atoms with Gasteiger partial charge in [0.1, 0.15) is 0 Å². The Balaban J connectivity index is 1.81. The molecule has 112 valence electrons. The van der Waals surface area contributed by atoms with Crippen molar-refractivity contribution in [3.63, 3.8) is 0 Å². The van der Waals surface area contributed by atoms with Crippen LogP contribution in [-0.4, -0.2) is 19.6 Å². The van der Waals surface area contributed by atoms with Crippen molar-refractivity contribution in [3.05, 3.63) is 64.1 Å². The van der Waals surface area contributed by atoms with E-state index in [9.17, 15) is 4.79 Å². The maximum absolute atomic E-state index is 12.6. The quantitative estimate of drug-likeness (QED) is 0.588. The van der Waals surface area contributed by atoms with Crippen molar-refractivity contribution in [3.8, 4) is 11.4 Å². The van der Waals surface area contributed by atoms with E-state index in [1.165, 1.54) is 4.52 Å². The van der Waals surface area contributed by atoms with Gasteiger partial charge in [0.2, 0.25) is 0 Å². The molecule has 0 aliphatic heterocycles. The van der Waals surface area contributed by atoms with E-state index < -0.39 is 0 Å². The van der Waals surface area contributed by atoms with Gasteiger partial charge in [-0.05, 0) is 30.0 Å². The Hall–Kier alpha value is -2.95. The fourth-order valence-electron chi connectivity index (χ4n) is 3.44. The van der Waals surface area contributed by atoms with Gasteiger partial charge in [0.15, 0.2) is 5.82 Å². The molecule has 1 aliphatic rings. The molecule has 0 saturated carbocycles. The van der Waals surface area contributed by atoms with E-state index in [0.29, 0.717) is 11.6 Å². The average Bonchev–Trinajstić information content (AvgIpc) is 3.21. The molecule has 0 spiro atoms. The van der Waals surface area contributed by atoms with E-state index >= 15 is 0 Å². The van der Waals surface area contributed by atoms with Crippen LogP contribution in [0.15, 0.2) is 47.3 Å². The number of rotatable bonds is 1. The van der Waals surface area contributed by atoms with Crippen molar-refractivity contribution in [1.82, 2.24) is 19.6 Å². The summed E-state index contributed by atoms with van der Waals surface area (Å²) in [6.07, 6.45) is 2.69. The van der Waals surface area contributed by atoms with Crippen molar-refractivity contribution in [2.75, 3.05) is 0 Å². The van der Waals surface area contributed by atoms with Crippen molar-refractivity contribution in [2.45, 2.75) is 19.3 Å². The Labute approximate surface area is 131 Å². The Bertz CT molecular complexity index is 1120. The Morgan fingerprint density at radius 1 is 1.00 bits per heavy atom. The lowest BCUT2D eigenvalue weighted by atomic mass is 10.0. The second kappa shape index (κ2) is 4.52. The molecule has 2 heterocycles. The minimum Gasteiger partial charge on any atom is -0.271 e. The monoisotopic (exact) mass is 302 g/mol. The number of H-pyrrole nitrogens is 1. The predicted molar refractivity (Wildman–Crippen MR) is 88.6 cm³/mol. The molecular formula is C18H14N4O. The standard InChI is InChI=1S/C18H14N4O/c23-17-14-9-4-10-15(14)19-18-20-16(21-22(17)18)13-8-3-6-11-5-1-2-7-12(11)13/h1-3,5-8H,4,9-10H2,(H,19,20,21). The van der Waals surface area contributed by atoms with Crippen LogP contribution in [0.2, 0.25) is 0 Å². The minimum atomic E-state index is -0.0125. The summed E-state index contributed by atoms with van der Waals surface area (Å²) in [5, 5.41) is 5.39. The van der Waals surface area contributed by atoms with Gasteiger partial charge in [0.05, 0.1) is 5.69 Å². The second-order valence-corrected chi connectivity index (χ2v) is 5.93. The topological polar surface area (TPSA) is 63.0 Å². The largest absolute Gasteiger partial charge is 0.277 e. The molecule has 0 atom stereocenters. The van der Waals surface area contributed by atoms with E-state index in [2.05, 4.69) is 33.3 Å². The van der Waals surface area contributed by atoms with Crippen molar-refractivity contribution >= 4 is 16.6 Å². The molecule has 0 unspecified atom stereocenters. The zero-order valence-electron chi connectivity index (χ0n) is 12.4. The van der Waals surface area contributed by atoms with Crippen LogP contribution in [0, 0.1) is 0 Å². The lowest BCUT2D eigenvalue weighted by Crippen LogP contribution is -2.20. The third-order valence-electron chi connectivity index (χ3n) is 4.56. The van der Waals surface area contributed by atoms with Crippen LogP contribution in [0.1, 0.15) is 17.7 Å². The minimum absolute atomic E-state index is 0.0125. The van der Waals surface area contributed by atoms with Gasteiger partial charge in [-0.2, -0.15) is 9.50 Å². The Morgan fingerprint density at radius 3 is 2.83 bits per heavy atom. The zero-order chi connectivity index (χ0) is 15.4. The van der Waals surface area contributed by atoms with E-state index in [4.69, 9.17) is 0 Å². The maximum atomic E-state index is 12.6. The lowest BCUT2D eigenvalue weighted by molar-refractivity contribution is 0.872. The summed E-state index contributed by atoms with van der Waals surface area (Å²) in [6, 6.07) is 14.2. The highest BCUT2D eigenvalue weighted by Crippen LogP contribution is 2.26. The van der Waals surface area contributed by atoms with Gasteiger partial charge in [0.25, 0.3) is 11.3 Å². The van der Waals surface area contributed by atoms with E-state index in [-0.39, 0.29) is 5.56 Å². The average molecular weight is 302 g/mol. The van der Waals surface area contributed by atoms with Crippen molar-refractivity contribution < 1.29 is 0 Å². The highest BCUT2D eigenvalue weighted by atomic mass is 16.1. The molecule has 2 aromatic heterocycles. The van der Waals surface area contributed by atoms with Crippen LogP contribution in [-0.2, 0) is 12.8 Å². The fourth-order valence-corrected chi connectivity index (χ4v) is 3.44. The SMILES string of the molecule is O=c1c2c(nc3nc(-c4cccc5ccccc45)[nH]n13)CCC2. The first-order valence-electron chi connectivity index (χ1n) is 7.80. The van der Waals surface area contributed by atoms with Gasteiger partial charge >= 0.3 is 0 Å². The predicted octanol–water partition coefficient (Wildman–Crippen LogP) is 2.73. The number of aryl methyl sites for hydroxylation is 1. The lowest BCUT2D eigenvalue weighted by Gasteiger charge is -2.02. The third-order valence-corrected chi connectivity index (χ3v) is 4.56. The molecule has 2 aromatic carbocycles. The van der Waals surface area contributed by atoms with Crippen LogP contribution in [0.5, 0.6) is 0 Å². The number of hydrogen-bond donors (Lipinski definition) is 1. The molecule has 5 nitrogen and oxygen atoms in total. The normalized spacial score (nSPS) is 13.7. The molecule has 5 heteroatoms. The van der Waals surface area contributed by atoms with E-state index in [0.717, 1.165) is 46.9 Å². The van der Waals surface area contributed by atoms with Crippen molar-refractivity contribution in [1.29, 1.82) is 0 Å². The van der Waals surface area contributed by atoms with Crippen LogP contribution in [0.4, 0.5) is 0 Å². The summed E-state index contributed by atoms with van der Waals surface area (Å²) < 4.78 is 1.47. The van der Waals surface area contributed by atoms with Crippen LogP contribution < -0.4 is 5.56 Å². The number of hydrogen-bond acceptors (Lipinski definition) is 3. The molecule has 23 heavy (non-hydrogen) atoms. The van der Waals surface area contributed by atoms with Crippen LogP contribution in [0.3, 0.4) is 0 Å². The maximum Gasteiger partial charge on any atom is 0.277 e. The first kappa shape index (κ1) is 12.6.